The van der Waals surface area contributed by atoms with Crippen LogP contribution in [0.25, 0.3) is 0 Å². The highest BCUT2D eigenvalue weighted by Gasteiger charge is 2.67. The number of carbonyl (C=O) groups excluding carboxylic acids is 1. The SMILES string of the molecule is CC(=O)Nc1nn(C(C)(C)C)c2c1[C@H]1C[C@H]1C2(F)F. The molecule has 1 amide bonds. The van der Waals surface area contributed by atoms with Crippen LogP contribution in [0.3, 0.4) is 0 Å². The molecule has 0 saturated heterocycles. The molecule has 0 unspecified atom stereocenters. The van der Waals surface area contributed by atoms with E-state index in [0.717, 1.165) is 0 Å². The number of nitrogens with zero attached hydrogens (tertiary/aromatic N) is 2. The zero-order valence-corrected chi connectivity index (χ0v) is 11.4. The molecule has 1 aromatic rings. The highest BCUT2D eigenvalue weighted by atomic mass is 19.3. The Morgan fingerprint density at radius 1 is 1.47 bits per heavy atom. The monoisotopic (exact) mass is 269 g/mol. The van der Waals surface area contributed by atoms with Crippen molar-refractivity contribution in [3.63, 3.8) is 0 Å². The molecule has 0 radical (unpaired) electrons. The highest BCUT2D eigenvalue weighted by Crippen LogP contribution is 2.68. The Morgan fingerprint density at radius 3 is 2.63 bits per heavy atom. The van der Waals surface area contributed by atoms with Gasteiger partial charge in [-0.25, -0.2) is 0 Å². The lowest BCUT2D eigenvalue weighted by atomic mass is 10.1. The first-order valence-corrected chi connectivity index (χ1v) is 6.43. The van der Waals surface area contributed by atoms with Crippen molar-refractivity contribution in [2.24, 2.45) is 5.92 Å². The largest absolute Gasteiger partial charge is 0.309 e. The summed E-state index contributed by atoms with van der Waals surface area (Å²) in [7, 11) is 0. The summed E-state index contributed by atoms with van der Waals surface area (Å²) in [4.78, 5) is 11.2. The van der Waals surface area contributed by atoms with Gasteiger partial charge in [0.25, 0.3) is 5.92 Å². The van der Waals surface area contributed by atoms with Crippen molar-refractivity contribution in [2.45, 2.75) is 51.5 Å². The van der Waals surface area contributed by atoms with Gasteiger partial charge in [0.2, 0.25) is 5.91 Å². The van der Waals surface area contributed by atoms with Crippen LogP contribution in [0.15, 0.2) is 0 Å². The average Bonchev–Trinajstić information content (AvgIpc) is 2.87. The lowest BCUT2D eigenvalue weighted by Crippen LogP contribution is -2.30. The van der Waals surface area contributed by atoms with Crippen LogP contribution in [0.5, 0.6) is 0 Å². The third-order valence-electron chi connectivity index (χ3n) is 3.79. The Morgan fingerprint density at radius 2 is 2.11 bits per heavy atom. The zero-order chi connectivity index (χ0) is 14.2. The van der Waals surface area contributed by atoms with E-state index in [0.29, 0.717) is 17.8 Å². The van der Waals surface area contributed by atoms with E-state index >= 15 is 0 Å². The summed E-state index contributed by atoms with van der Waals surface area (Å²) in [5.41, 5.74) is -0.00814. The van der Waals surface area contributed by atoms with E-state index in [1.807, 2.05) is 20.8 Å². The third kappa shape index (κ3) is 1.61. The Labute approximate surface area is 110 Å². The van der Waals surface area contributed by atoms with E-state index in [1.54, 1.807) is 0 Å². The molecule has 3 rings (SSSR count). The van der Waals surface area contributed by atoms with E-state index < -0.39 is 17.4 Å². The quantitative estimate of drug-likeness (QED) is 0.852. The Balaban J connectivity index is 2.19. The van der Waals surface area contributed by atoms with Crippen molar-refractivity contribution in [3.05, 3.63) is 11.3 Å². The molecular weight excluding hydrogens is 252 g/mol. The Bertz CT molecular complexity index is 571. The smallest absolute Gasteiger partial charge is 0.293 e. The molecular formula is C13H17F2N3O. The number of aromatic nitrogens is 2. The molecule has 1 fully saturated rings. The van der Waals surface area contributed by atoms with Crippen LogP contribution in [0.4, 0.5) is 14.6 Å². The first-order chi connectivity index (χ1) is 8.64. The van der Waals surface area contributed by atoms with Gasteiger partial charge in [-0.2, -0.15) is 13.9 Å². The first-order valence-electron chi connectivity index (χ1n) is 6.43. The second-order valence-corrected chi connectivity index (χ2v) is 6.45. The number of carbonyl (C=O) groups is 1. The van der Waals surface area contributed by atoms with Crippen LogP contribution in [0.1, 0.15) is 51.3 Å². The minimum Gasteiger partial charge on any atom is -0.309 e. The summed E-state index contributed by atoms with van der Waals surface area (Å²) >= 11 is 0. The fourth-order valence-corrected chi connectivity index (χ4v) is 2.94. The van der Waals surface area contributed by atoms with Crippen LogP contribution in [-0.2, 0) is 16.3 Å². The summed E-state index contributed by atoms with van der Waals surface area (Å²) in [5, 5.41) is 6.81. The lowest BCUT2D eigenvalue weighted by Gasteiger charge is -2.25. The summed E-state index contributed by atoms with van der Waals surface area (Å²) < 4.78 is 30.1. The molecule has 104 valence electrons. The summed E-state index contributed by atoms with van der Waals surface area (Å²) in [6, 6.07) is 0. The number of fused-ring (bicyclic) bond motifs is 3. The normalized spacial score (nSPS) is 26.8. The van der Waals surface area contributed by atoms with E-state index in [9.17, 15) is 13.6 Å². The van der Waals surface area contributed by atoms with Gasteiger partial charge in [0.05, 0.1) is 5.54 Å². The van der Waals surface area contributed by atoms with Gasteiger partial charge in [0.1, 0.15) is 5.69 Å². The summed E-state index contributed by atoms with van der Waals surface area (Å²) in [6.07, 6.45) is 0.489. The van der Waals surface area contributed by atoms with Gasteiger partial charge < -0.3 is 5.32 Å². The van der Waals surface area contributed by atoms with Gasteiger partial charge in [-0.1, -0.05) is 0 Å². The number of alkyl halides is 2. The average molecular weight is 269 g/mol. The van der Waals surface area contributed by atoms with Gasteiger partial charge in [0, 0.05) is 18.4 Å². The second-order valence-electron chi connectivity index (χ2n) is 6.45. The second kappa shape index (κ2) is 3.35. The number of anilines is 1. The van der Waals surface area contributed by atoms with Crippen LogP contribution >= 0.6 is 0 Å². The highest BCUT2D eigenvalue weighted by molar-refractivity contribution is 5.89. The molecule has 4 nitrogen and oxygen atoms in total. The van der Waals surface area contributed by atoms with Gasteiger partial charge in [-0.3, -0.25) is 9.48 Å². The van der Waals surface area contributed by atoms with Crippen molar-refractivity contribution in [1.82, 2.24) is 9.78 Å². The van der Waals surface area contributed by atoms with Crippen LogP contribution in [-0.4, -0.2) is 15.7 Å². The molecule has 1 N–H and O–H groups in total. The number of nitrogens with one attached hydrogen (secondary N) is 1. The molecule has 2 aliphatic rings. The van der Waals surface area contributed by atoms with Gasteiger partial charge in [-0.05, 0) is 33.1 Å². The molecule has 1 heterocycles. The summed E-state index contributed by atoms with van der Waals surface area (Å²) in [6.45, 7) is 6.85. The van der Waals surface area contributed by atoms with Gasteiger partial charge >= 0.3 is 0 Å². The molecule has 19 heavy (non-hydrogen) atoms. The Kier molecular flexibility index (Phi) is 2.21. The number of amides is 1. The van der Waals surface area contributed by atoms with Crippen molar-refractivity contribution in [3.8, 4) is 0 Å². The Hall–Kier alpha value is -1.46. The molecule has 1 aromatic heterocycles. The fraction of sp³-hybridized carbons (Fsp3) is 0.692. The summed E-state index contributed by atoms with van der Waals surface area (Å²) in [5.74, 6) is -3.57. The number of hydrogen-bond acceptors (Lipinski definition) is 2. The maximum absolute atomic E-state index is 14.3. The predicted molar refractivity (Wildman–Crippen MR) is 66.3 cm³/mol. The topological polar surface area (TPSA) is 46.9 Å². The molecule has 2 aliphatic carbocycles. The number of rotatable bonds is 1. The molecule has 0 aromatic carbocycles. The van der Waals surface area contributed by atoms with Crippen molar-refractivity contribution >= 4 is 11.7 Å². The van der Waals surface area contributed by atoms with E-state index in [2.05, 4.69) is 10.4 Å². The molecule has 1 saturated carbocycles. The molecule has 0 bridgehead atoms. The standard InChI is InChI=1S/C13H17F2N3O/c1-6(19)16-11-9-7-5-8(7)13(14,15)10(9)18(17-11)12(2,3)4/h7-8H,5H2,1-4H3,(H,16,17,19)/t7-,8+/m0/s1. The van der Waals surface area contributed by atoms with Crippen molar-refractivity contribution in [1.29, 1.82) is 0 Å². The predicted octanol–water partition coefficient (Wildman–Crippen LogP) is 2.81. The third-order valence-corrected chi connectivity index (χ3v) is 3.79. The van der Waals surface area contributed by atoms with Crippen LogP contribution < -0.4 is 5.32 Å². The molecule has 6 heteroatoms. The molecule has 0 spiro atoms. The number of halogens is 2. The minimum atomic E-state index is -2.84. The lowest BCUT2D eigenvalue weighted by molar-refractivity contribution is -0.114. The van der Waals surface area contributed by atoms with Crippen LogP contribution in [0.2, 0.25) is 0 Å². The van der Waals surface area contributed by atoms with E-state index in [4.69, 9.17) is 0 Å². The van der Waals surface area contributed by atoms with Gasteiger partial charge in [-0.15, -0.1) is 0 Å². The van der Waals surface area contributed by atoms with Crippen LogP contribution in [0, 0.1) is 5.92 Å². The van der Waals surface area contributed by atoms with Crippen molar-refractivity contribution < 1.29 is 13.6 Å². The molecule has 2 atom stereocenters. The van der Waals surface area contributed by atoms with E-state index in [1.165, 1.54) is 11.6 Å². The molecule has 0 aliphatic heterocycles. The van der Waals surface area contributed by atoms with Gasteiger partial charge in [0.15, 0.2) is 5.82 Å². The first kappa shape index (κ1) is 12.6. The fourth-order valence-electron chi connectivity index (χ4n) is 2.94. The minimum absolute atomic E-state index is 0.00926. The number of hydrogen-bond donors (Lipinski definition) is 1. The zero-order valence-electron chi connectivity index (χ0n) is 11.4. The van der Waals surface area contributed by atoms with E-state index in [-0.39, 0.29) is 17.5 Å². The maximum Gasteiger partial charge on any atom is 0.293 e. The maximum atomic E-state index is 14.3. The van der Waals surface area contributed by atoms with Crippen molar-refractivity contribution in [2.75, 3.05) is 5.32 Å².